The normalized spacial score (nSPS) is 24.1. The molecule has 5 nitrogen and oxygen atoms in total. The van der Waals surface area contributed by atoms with Crippen molar-refractivity contribution in [1.82, 2.24) is 9.80 Å². The molecule has 1 amide bonds. The zero-order valence-electron chi connectivity index (χ0n) is 15.1. The summed E-state index contributed by atoms with van der Waals surface area (Å²) in [6.07, 6.45) is 10.5. The van der Waals surface area contributed by atoms with Crippen molar-refractivity contribution in [2.75, 3.05) is 46.9 Å². The quantitative estimate of drug-likeness (QED) is 0.749. The van der Waals surface area contributed by atoms with Gasteiger partial charge in [-0.25, -0.2) is 0 Å². The zero-order chi connectivity index (χ0) is 17.0. The number of carbonyl (C=O) groups excluding carboxylic acids is 1. The molecule has 0 aromatic heterocycles. The van der Waals surface area contributed by atoms with E-state index in [1.807, 2.05) is 17.1 Å². The summed E-state index contributed by atoms with van der Waals surface area (Å²) in [6, 6.07) is 0. The predicted octanol–water partition coefficient (Wildman–Crippen LogP) is 2.55. The van der Waals surface area contributed by atoms with Gasteiger partial charge in [-0.2, -0.15) is 0 Å². The molecule has 0 saturated carbocycles. The van der Waals surface area contributed by atoms with Gasteiger partial charge in [0, 0.05) is 13.1 Å². The van der Waals surface area contributed by atoms with E-state index in [1.165, 1.54) is 32.4 Å². The van der Waals surface area contributed by atoms with Gasteiger partial charge in [-0.05, 0) is 57.5 Å². The van der Waals surface area contributed by atoms with Crippen molar-refractivity contribution in [2.45, 2.75) is 38.5 Å². The Kier molecular flexibility index (Phi) is 5.49. The van der Waals surface area contributed by atoms with Crippen LogP contribution < -0.4 is 0 Å². The van der Waals surface area contributed by atoms with Crippen molar-refractivity contribution >= 4 is 5.91 Å². The molecule has 5 heteroatoms. The van der Waals surface area contributed by atoms with Crippen LogP contribution in [-0.2, 0) is 14.3 Å². The third-order valence-electron chi connectivity index (χ3n) is 5.54. The molecule has 2 aliphatic heterocycles. The highest BCUT2D eigenvalue weighted by atomic mass is 16.5. The summed E-state index contributed by atoms with van der Waals surface area (Å²) in [5, 5.41) is 0. The zero-order valence-corrected chi connectivity index (χ0v) is 15.1. The van der Waals surface area contributed by atoms with Gasteiger partial charge in [0.1, 0.15) is 11.5 Å². The summed E-state index contributed by atoms with van der Waals surface area (Å²) in [5.74, 6) is 1.86. The van der Waals surface area contributed by atoms with Crippen molar-refractivity contribution < 1.29 is 14.3 Å². The van der Waals surface area contributed by atoms with Crippen molar-refractivity contribution in [3.05, 3.63) is 23.7 Å². The smallest absolute Gasteiger partial charge is 0.236 e. The van der Waals surface area contributed by atoms with E-state index in [9.17, 15) is 4.79 Å². The first-order valence-corrected chi connectivity index (χ1v) is 9.20. The van der Waals surface area contributed by atoms with Crippen LogP contribution in [0.25, 0.3) is 0 Å². The van der Waals surface area contributed by atoms with E-state index < -0.39 is 5.41 Å². The number of hydrogen-bond acceptors (Lipinski definition) is 4. The molecule has 2 fully saturated rings. The number of ether oxygens (including phenoxy) is 2. The van der Waals surface area contributed by atoms with E-state index in [-0.39, 0.29) is 5.91 Å². The Bertz CT molecular complexity index is 501. The molecular formula is C19H30N2O3. The Labute approximate surface area is 145 Å². The van der Waals surface area contributed by atoms with Crippen LogP contribution in [0.2, 0.25) is 0 Å². The fourth-order valence-corrected chi connectivity index (χ4v) is 4.12. The van der Waals surface area contributed by atoms with Crippen molar-refractivity contribution in [2.24, 2.45) is 5.41 Å². The molecule has 0 unspecified atom stereocenters. The maximum Gasteiger partial charge on any atom is 0.236 e. The lowest BCUT2D eigenvalue weighted by atomic mass is 9.81. The minimum atomic E-state index is -0.555. The summed E-state index contributed by atoms with van der Waals surface area (Å²) < 4.78 is 10.8. The molecule has 0 radical (unpaired) electrons. The van der Waals surface area contributed by atoms with Crippen molar-refractivity contribution in [3.8, 4) is 0 Å². The number of piperidine rings is 1. The van der Waals surface area contributed by atoms with E-state index in [0.717, 1.165) is 44.0 Å². The maximum absolute atomic E-state index is 13.0. The molecule has 1 aliphatic carbocycles. The van der Waals surface area contributed by atoms with E-state index >= 15 is 0 Å². The van der Waals surface area contributed by atoms with Crippen LogP contribution in [0.4, 0.5) is 0 Å². The van der Waals surface area contributed by atoms with Gasteiger partial charge in [0.05, 0.1) is 26.1 Å². The summed E-state index contributed by atoms with van der Waals surface area (Å²) >= 11 is 0. The van der Waals surface area contributed by atoms with Crippen LogP contribution in [0.15, 0.2) is 23.7 Å². The Morgan fingerprint density at radius 2 is 1.67 bits per heavy atom. The second-order valence-electron chi connectivity index (χ2n) is 7.14. The number of rotatable bonds is 6. The van der Waals surface area contributed by atoms with E-state index in [1.54, 1.807) is 14.2 Å². The van der Waals surface area contributed by atoms with Gasteiger partial charge >= 0.3 is 0 Å². The number of carbonyl (C=O) groups is 1. The minimum Gasteiger partial charge on any atom is -0.501 e. The molecule has 1 spiro atoms. The summed E-state index contributed by atoms with van der Waals surface area (Å²) in [7, 11) is 3.32. The summed E-state index contributed by atoms with van der Waals surface area (Å²) in [4.78, 5) is 17.6. The maximum atomic E-state index is 13.0. The molecule has 0 aromatic carbocycles. The van der Waals surface area contributed by atoms with Crippen LogP contribution in [0, 0.1) is 5.41 Å². The third-order valence-corrected chi connectivity index (χ3v) is 5.54. The summed E-state index contributed by atoms with van der Waals surface area (Å²) in [6.45, 7) is 5.22. The highest BCUT2D eigenvalue weighted by Crippen LogP contribution is 2.41. The molecule has 3 aliphatic rings. The SMILES string of the molecule is COC1=CC2(C=C(OC)C1)CCN(CCCN1CCCCC1)C2=O. The Hall–Kier alpha value is -1.49. The van der Waals surface area contributed by atoms with Gasteiger partial charge in [-0.3, -0.25) is 4.79 Å². The van der Waals surface area contributed by atoms with E-state index in [0.29, 0.717) is 6.42 Å². The molecule has 0 atom stereocenters. The van der Waals surface area contributed by atoms with Crippen LogP contribution in [0.3, 0.4) is 0 Å². The average Bonchev–Trinajstić information content (AvgIpc) is 2.91. The molecule has 24 heavy (non-hydrogen) atoms. The molecule has 3 rings (SSSR count). The van der Waals surface area contributed by atoms with Gasteiger partial charge in [0.2, 0.25) is 5.91 Å². The van der Waals surface area contributed by atoms with Crippen molar-refractivity contribution in [1.29, 1.82) is 0 Å². The standard InChI is InChI=1S/C19H30N2O3/c1-23-16-13-17(24-2)15-19(14-16)7-12-21(18(19)22)11-6-10-20-8-4-3-5-9-20/h14-15H,3-13H2,1-2H3. The molecule has 2 saturated heterocycles. The fraction of sp³-hybridized carbons (Fsp3) is 0.737. The molecule has 0 N–H and O–H groups in total. The number of amides is 1. The van der Waals surface area contributed by atoms with Gasteiger partial charge in [0.25, 0.3) is 0 Å². The fourth-order valence-electron chi connectivity index (χ4n) is 4.12. The highest BCUT2D eigenvalue weighted by molar-refractivity contribution is 5.89. The summed E-state index contributed by atoms with van der Waals surface area (Å²) in [5.41, 5.74) is -0.555. The van der Waals surface area contributed by atoms with Crippen LogP contribution in [0.5, 0.6) is 0 Å². The van der Waals surface area contributed by atoms with Crippen LogP contribution >= 0.6 is 0 Å². The molecule has 2 heterocycles. The lowest BCUT2D eigenvalue weighted by Crippen LogP contribution is -2.37. The highest BCUT2D eigenvalue weighted by Gasteiger charge is 2.45. The van der Waals surface area contributed by atoms with Crippen LogP contribution in [-0.4, -0.2) is 62.7 Å². The molecular weight excluding hydrogens is 304 g/mol. The van der Waals surface area contributed by atoms with Crippen LogP contribution in [0.1, 0.15) is 38.5 Å². The number of nitrogens with zero attached hydrogens (tertiary/aromatic N) is 2. The number of hydrogen-bond donors (Lipinski definition) is 0. The largest absolute Gasteiger partial charge is 0.501 e. The number of methoxy groups -OCH3 is 2. The molecule has 0 bridgehead atoms. The Morgan fingerprint density at radius 3 is 2.29 bits per heavy atom. The first-order valence-electron chi connectivity index (χ1n) is 9.20. The average molecular weight is 334 g/mol. The Morgan fingerprint density at radius 1 is 1.00 bits per heavy atom. The minimum absolute atomic E-state index is 0.199. The third kappa shape index (κ3) is 3.61. The first-order chi connectivity index (χ1) is 11.7. The first kappa shape index (κ1) is 17.3. The van der Waals surface area contributed by atoms with E-state index in [4.69, 9.17) is 9.47 Å². The predicted molar refractivity (Wildman–Crippen MR) is 93.3 cm³/mol. The topological polar surface area (TPSA) is 42.0 Å². The Balaban J connectivity index is 1.58. The lowest BCUT2D eigenvalue weighted by Gasteiger charge is -2.29. The molecule has 0 aromatic rings. The molecule has 134 valence electrons. The van der Waals surface area contributed by atoms with Gasteiger partial charge in [0.15, 0.2) is 0 Å². The van der Waals surface area contributed by atoms with Crippen molar-refractivity contribution in [3.63, 3.8) is 0 Å². The van der Waals surface area contributed by atoms with Gasteiger partial charge in [-0.1, -0.05) is 6.42 Å². The van der Waals surface area contributed by atoms with Gasteiger partial charge in [-0.15, -0.1) is 0 Å². The second-order valence-corrected chi connectivity index (χ2v) is 7.14. The monoisotopic (exact) mass is 334 g/mol. The van der Waals surface area contributed by atoms with E-state index in [2.05, 4.69) is 4.90 Å². The van der Waals surface area contributed by atoms with Gasteiger partial charge < -0.3 is 19.3 Å². The lowest BCUT2D eigenvalue weighted by molar-refractivity contribution is -0.132. The number of likely N-dealkylation sites (tertiary alicyclic amines) is 2. The second kappa shape index (κ2) is 7.60.